The van der Waals surface area contributed by atoms with E-state index in [9.17, 15) is 4.79 Å². The summed E-state index contributed by atoms with van der Waals surface area (Å²) >= 11 is 0. The summed E-state index contributed by atoms with van der Waals surface area (Å²) in [6.45, 7) is 1.03. The number of ether oxygens (including phenoxy) is 3. The maximum atomic E-state index is 12.8. The first-order chi connectivity index (χ1) is 15.1. The molecule has 2 unspecified atom stereocenters. The molecule has 2 atom stereocenters. The summed E-state index contributed by atoms with van der Waals surface area (Å²) in [6.07, 6.45) is 2.94. The number of hydrogen-bond acceptors (Lipinski definition) is 6. The molecule has 0 spiro atoms. The lowest BCUT2D eigenvalue weighted by Gasteiger charge is -2.37. The Hall–Kier alpha value is -3.32. The molecule has 0 saturated carbocycles. The monoisotopic (exact) mass is 421 g/mol. The summed E-state index contributed by atoms with van der Waals surface area (Å²) in [6, 6.07) is 16.9. The van der Waals surface area contributed by atoms with E-state index in [1.54, 1.807) is 18.2 Å². The molecule has 2 N–H and O–H groups in total. The average Bonchev–Trinajstić information content (AvgIpc) is 2.82. The van der Waals surface area contributed by atoms with E-state index in [1.165, 1.54) is 0 Å². The molecule has 1 fully saturated rings. The lowest BCUT2D eigenvalue weighted by molar-refractivity contribution is 0.0495. The number of carbonyl (C=O) groups is 1. The highest BCUT2D eigenvalue weighted by Gasteiger charge is 2.32. The fraction of sp³-hybridized carbons (Fsp3) is 0.333. The van der Waals surface area contributed by atoms with Crippen LogP contribution in [0.1, 0.15) is 18.4 Å². The minimum Gasteiger partial charge on any atom is -0.497 e. The first kappa shape index (κ1) is 20.9. The highest BCUT2D eigenvalue weighted by molar-refractivity contribution is 5.86. The third kappa shape index (κ3) is 5.06. The number of methoxy groups -OCH3 is 1. The van der Waals surface area contributed by atoms with E-state index in [0.29, 0.717) is 18.9 Å². The van der Waals surface area contributed by atoms with Crippen molar-refractivity contribution in [3.8, 4) is 11.5 Å². The van der Waals surface area contributed by atoms with Gasteiger partial charge in [0.1, 0.15) is 24.7 Å². The number of pyridine rings is 1. The standard InChI is InChI=1S/C24H27N3O4/c1-29-20-9-10-22-21(13-20)23(11-12-26-22)30-16-19-8-7-18(25)14-27(19)24(28)31-15-17-5-3-2-4-6-17/h2-6,9-13,18-19H,7-8,14-16,25H2,1H3. The van der Waals surface area contributed by atoms with E-state index < -0.39 is 0 Å². The Bertz CT molecular complexity index is 1030. The van der Waals surface area contributed by atoms with Crippen molar-refractivity contribution in [1.82, 2.24) is 9.88 Å². The van der Waals surface area contributed by atoms with Crippen molar-refractivity contribution in [2.75, 3.05) is 20.3 Å². The van der Waals surface area contributed by atoms with Crippen LogP contribution in [0.2, 0.25) is 0 Å². The normalized spacial score (nSPS) is 18.6. The number of carbonyl (C=O) groups excluding carboxylic acids is 1. The van der Waals surface area contributed by atoms with Gasteiger partial charge in [0.15, 0.2) is 0 Å². The van der Waals surface area contributed by atoms with Crippen molar-refractivity contribution in [3.63, 3.8) is 0 Å². The molecule has 2 aromatic carbocycles. The van der Waals surface area contributed by atoms with Crippen LogP contribution < -0.4 is 15.2 Å². The molecule has 31 heavy (non-hydrogen) atoms. The predicted octanol–water partition coefficient (Wildman–Crippen LogP) is 3.75. The number of aromatic nitrogens is 1. The van der Waals surface area contributed by atoms with E-state index in [2.05, 4.69) is 4.98 Å². The zero-order chi connectivity index (χ0) is 21.6. The smallest absolute Gasteiger partial charge is 0.410 e. The Morgan fingerprint density at radius 2 is 2.00 bits per heavy atom. The van der Waals surface area contributed by atoms with Crippen LogP contribution in [0.25, 0.3) is 10.9 Å². The molecule has 1 aromatic heterocycles. The van der Waals surface area contributed by atoms with Crippen LogP contribution in [0.5, 0.6) is 11.5 Å². The van der Waals surface area contributed by atoms with Gasteiger partial charge in [-0.1, -0.05) is 30.3 Å². The molecule has 3 aromatic rings. The highest BCUT2D eigenvalue weighted by atomic mass is 16.6. The average molecular weight is 421 g/mol. The number of nitrogens with two attached hydrogens (primary N) is 1. The fourth-order valence-electron chi connectivity index (χ4n) is 3.79. The molecular weight excluding hydrogens is 394 g/mol. The topological polar surface area (TPSA) is 86.9 Å². The minimum atomic E-state index is -0.367. The zero-order valence-electron chi connectivity index (χ0n) is 17.6. The first-order valence-electron chi connectivity index (χ1n) is 10.4. The van der Waals surface area contributed by atoms with Gasteiger partial charge in [0.2, 0.25) is 0 Å². The van der Waals surface area contributed by atoms with Gasteiger partial charge in [-0.05, 0) is 42.7 Å². The Kier molecular flexibility index (Phi) is 6.52. The Morgan fingerprint density at radius 1 is 1.16 bits per heavy atom. The van der Waals surface area contributed by atoms with Crippen LogP contribution >= 0.6 is 0 Å². The number of amides is 1. The Balaban J connectivity index is 1.45. The largest absolute Gasteiger partial charge is 0.497 e. The second-order valence-corrected chi connectivity index (χ2v) is 7.69. The molecule has 2 heterocycles. The van der Waals surface area contributed by atoms with Gasteiger partial charge in [0.05, 0.1) is 18.7 Å². The van der Waals surface area contributed by atoms with E-state index >= 15 is 0 Å². The van der Waals surface area contributed by atoms with Crippen LogP contribution in [0.3, 0.4) is 0 Å². The molecule has 0 radical (unpaired) electrons. The van der Waals surface area contributed by atoms with Crippen LogP contribution in [0.4, 0.5) is 4.79 Å². The van der Waals surface area contributed by atoms with Crippen molar-refractivity contribution in [1.29, 1.82) is 0 Å². The van der Waals surface area contributed by atoms with Crippen molar-refractivity contribution < 1.29 is 19.0 Å². The zero-order valence-corrected chi connectivity index (χ0v) is 17.6. The van der Waals surface area contributed by atoms with Gasteiger partial charge in [-0.3, -0.25) is 4.98 Å². The number of rotatable bonds is 6. The molecule has 1 saturated heterocycles. The summed E-state index contributed by atoms with van der Waals surface area (Å²) in [5.41, 5.74) is 7.90. The number of nitrogens with zero attached hydrogens (tertiary/aromatic N) is 2. The van der Waals surface area contributed by atoms with Crippen molar-refractivity contribution in [3.05, 3.63) is 66.4 Å². The molecule has 1 aliphatic heterocycles. The number of fused-ring (bicyclic) bond motifs is 1. The Labute approximate surface area is 181 Å². The van der Waals surface area contributed by atoms with Gasteiger partial charge in [0.25, 0.3) is 0 Å². The van der Waals surface area contributed by atoms with Crippen LogP contribution in [0.15, 0.2) is 60.8 Å². The number of hydrogen-bond donors (Lipinski definition) is 1. The Morgan fingerprint density at radius 3 is 2.81 bits per heavy atom. The quantitative estimate of drug-likeness (QED) is 0.652. The van der Waals surface area contributed by atoms with E-state index in [0.717, 1.165) is 35.1 Å². The molecule has 162 valence electrons. The maximum absolute atomic E-state index is 12.8. The molecule has 7 nitrogen and oxygen atoms in total. The summed E-state index contributed by atoms with van der Waals surface area (Å²) in [5, 5.41) is 0.868. The van der Waals surface area contributed by atoms with E-state index in [1.807, 2.05) is 54.6 Å². The van der Waals surface area contributed by atoms with Crippen molar-refractivity contribution in [2.45, 2.75) is 31.5 Å². The van der Waals surface area contributed by atoms with Gasteiger partial charge >= 0.3 is 6.09 Å². The van der Waals surface area contributed by atoms with Gasteiger partial charge in [0, 0.05) is 24.2 Å². The molecule has 4 rings (SSSR count). The SMILES string of the molecule is COc1ccc2nccc(OCC3CCC(N)CN3C(=O)OCc3ccccc3)c2c1. The van der Waals surface area contributed by atoms with Gasteiger partial charge < -0.3 is 24.8 Å². The number of likely N-dealkylation sites (tertiary alicyclic amines) is 1. The summed E-state index contributed by atoms with van der Waals surface area (Å²) in [7, 11) is 1.63. The van der Waals surface area contributed by atoms with Crippen LogP contribution in [0, 0.1) is 0 Å². The van der Waals surface area contributed by atoms with Gasteiger partial charge in [-0.25, -0.2) is 4.79 Å². The van der Waals surface area contributed by atoms with E-state index in [4.69, 9.17) is 19.9 Å². The van der Waals surface area contributed by atoms with Crippen molar-refractivity contribution in [2.24, 2.45) is 5.73 Å². The molecule has 0 bridgehead atoms. The van der Waals surface area contributed by atoms with E-state index in [-0.39, 0.29) is 24.8 Å². The van der Waals surface area contributed by atoms with Crippen LogP contribution in [-0.4, -0.2) is 48.3 Å². The molecule has 0 aliphatic carbocycles. The van der Waals surface area contributed by atoms with Crippen LogP contribution in [-0.2, 0) is 11.3 Å². The third-order valence-electron chi connectivity index (χ3n) is 5.52. The summed E-state index contributed by atoms with van der Waals surface area (Å²) in [4.78, 5) is 18.9. The molecule has 1 aliphatic rings. The fourth-order valence-corrected chi connectivity index (χ4v) is 3.79. The lowest BCUT2D eigenvalue weighted by Crippen LogP contribution is -2.53. The number of piperidine rings is 1. The second-order valence-electron chi connectivity index (χ2n) is 7.69. The van der Waals surface area contributed by atoms with Gasteiger partial charge in [-0.15, -0.1) is 0 Å². The molecular formula is C24H27N3O4. The maximum Gasteiger partial charge on any atom is 0.410 e. The highest BCUT2D eigenvalue weighted by Crippen LogP contribution is 2.28. The van der Waals surface area contributed by atoms with Gasteiger partial charge in [-0.2, -0.15) is 0 Å². The first-order valence-corrected chi connectivity index (χ1v) is 10.4. The predicted molar refractivity (Wildman–Crippen MR) is 118 cm³/mol. The second kappa shape index (κ2) is 9.66. The molecule has 1 amide bonds. The lowest BCUT2D eigenvalue weighted by atomic mass is 10.00. The summed E-state index contributed by atoms with van der Waals surface area (Å²) < 4.78 is 17.0. The number of benzene rings is 2. The third-order valence-corrected chi connectivity index (χ3v) is 5.52. The molecule has 7 heteroatoms. The van der Waals surface area contributed by atoms with Crippen molar-refractivity contribution >= 4 is 17.0 Å². The minimum absolute atomic E-state index is 0.0634. The summed E-state index contributed by atoms with van der Waals surface area (Å²) in [5.74, 6) is 1.44.